The summed E-state index contributed by atoms with van der Waals surface area (Å²) in [5.74, 6) is 0. The number of rotatable bonds is 6. The number of sulfone groups is 1. The molecule has 0 spiro atoms. The van der Waals surface area contributed by atoms with Gasteiger partial charge >= 0.3 is 12.2 Å². The normalized spacial score (nSPS) is 20.5. The number of hydrogen-bond donors (Lipinski definition) is 0. The molecule has 0 saturated carbocycles. The van der Waals surface area contributed by atoms with E-state index in [1.54, 1.807) is 17.0 Å². The third-order valence-electron chi connectivity index (χ3n) is 5.01. The van der Waals surface area contributed by atoms with Gasteiger partial charge in [0, 0.05) is 25.0 Å². The molecule has 9 nitrogen and oxygen atoms in total. The molecular weight excluding hydrogens is 412 g/mol. The number of piperidine rings is 1. The van der Waals surface area contributed by atoms with Gasteiger partial charge in [0.1, 0.15) is 6.10 Å². The zero-order chi connectivity index (χ0) is 21.9. The fourth-order valence-corrected chi connectivity index (χ4v) is 4.05. The number of benzene rings is 1. The summed E-state index contributed by atoms with van der Waals surface area (Å²) in [6.07, 6.45) is 1.19. The van der Waals surface area contributed by atoms with Crippen LogP contribution >= 0.6 is 0 Å². The fraction of sp³-hybridized carbons (Fsp3) is 0.600. The second-order valence-electron chi connectivity index (χ2n) is 7.83. The Morgan fingerprint density at radius 1 is 1.20 bits per heavy atom. The summed E-state index contributed by atoms with van der Waals surface area (Å²) in [6.45, 7) is 5.38. The number of likely N-dealkylation sites (tertiary alicyclic amines) is 1. The molecule has 2 aliphatic rings. The molecule has 30 heavy (non-hydrogen) atoms. The maximum absolute atomic E-state index is 12.2. The quantitative estimate of drug-likeness (QED) is 0.669. The van der Waals surface area contributed by atoms with Gasteiger partial charge in [0.2, 0.25) is 0 Å². The zero-order valence-electron chi connectivity index (χ0n) is 17.4. The van der Waals surface area contributed by atoms with E-state index in [-0.39, 0.29) is 29.8 Å². The Balaban J connectivity index is 1.46. The number of carbonyl (C=O) groups is 2. The Kier molecular flexibility index (Phi) is 6.87. The summed E-state index contributed by atoms with van der Waals surface area (Å²) in [5.41, 5.74) is 0.576. The van der Waals surface area contributed by atoms with Crippen LogP contribution in [-0.2, 0) is 24.0 Å². The molecule has 2 saturated heterocycles. The smallest absolute Gasteiger partial charge is 0.414 e. The van der Waals surface area contributed by atoms with Gasteiger partial charge in [0.05, 0.1) is 30.3 Å². The van der Waals surface area contributed by atoms with E-state index in [1.807, 2.05) is 13.8 Å². The molecule has 0 aromatic heterocycles. The summed E-state index contributed by atoms with van der Waals surface area (Å²) in [7, 11) is -3.29. The largest absolute Gasteiger partial charge is 0.447 e. The van der Waals surface area contributed by atoms with Crippen molar-refractivity contribution in [2.24, 2.45) is 0 Å². The Bertz CT molecular complexity index is 862. The molecule has 1 aromatic carbocycles. The molecule has 10 heteroatoms. The van der Waals surface area contributed by atoms with E-state index in [0.717, 1.165) is 6.26 Å². The zero-order valence-corrected chi connectivity index (χ0v) is 18.3. The molecule has 0 radical (unpaired) electrons. The van der Waals surface area contributed by atoms with Gasteiger partial charge < -0.3 is 19.1 Å². The van der Waals surface area contributed by atoms with Crippen molar-refractivity contribution in [3.05, 3.63) is 24.3 Å². The number of hydrogen-bond acceptors (Lipinski definition) is 7. The topological polar surface area (TPSA) is 102 Å². The number of carbonyl (C=O) groups excluding carboxylic acids is 2. The number of amides is 2. The van der Waals surface area contributed by atoms with Crippen molar-refractivity contribution in [2.45, 2.75) is 49.9 Å². The number of anilines is 1. The van der Waals surface area contributed by atoms with Gasteiger partial charge in [-0.2, -0.15) is 0 Å². The third kappa shape index (κ3) is 5.63. The first kappa shape index (κ1) is 22.4. The van der Waals surface area contributed by atoms with Crippen molar-refractivity contribution in [1.82, 2.24) is 4.90 Å². The lowest BCUT2D eigenvalue weighted by atomic mass is 10.1. The van der Waals surface area contributed by atoms with E-state index in [0.29, 0.717) is 38.2 Å². The molecular formula is C20H28N2O7S. The highest BCUT2D eigenvalue weighted by Crippen LogP contribution is 2.24. The highest BCUT2D eigenvalue weighted by atomic mass is 32.2. The maximum Gasteiger partial charge on any atom is 0.414 e. The van der Waals surface area contributed by atoms with Crippen molar-refractivity contribution < 1.29 is 32.2 Å². The SMILES string of the molecule is CC(C)OC(=O)N1CCC(OCC2CN(c3ccc(S(C)(=O)=O)cc3)C(=O)O2)CC1. The molecule has 3 rings (SSSR count). The van der Waals surface area contributed by atoms with Crippen LogP contribution in [0.4, 0.5) is 15.3 Å². The van der Waals surface area contributed by atoms with Crippen LogP contribution in [0, 0.1) is 0 Å². The number of ether oxygens (including phenoxy) is 3. The summed E-state index contributed by atoms with van der Waals surface area (Å²) < 4.78 is 39.6. The molecule has 2 aliphatic heterocycles. The average molecular weight is 441 g/mol. The minimum atomic E-state index is -3.29. The first-order valence-electron chi connectivity index (χ1n) is 9.99. The summed E-state index contributed by atoms with van der Waals surface area (Å²) >= 11 is 0. The first-order valence-corrected chi connectivity index (χ1v) is 11.9. The highest BCUT2D eigenvalue weighted by Gasteiger charge is 2.34. The van der Waals surface area contributed by atoms with E-state index < -0.39 is 22.0 Å². The maximum atomic E-state index is 12.2. The number of nitrogens with zero attached hydrogens (tertiary/aromatic N) is 2. The predicted octanol–water partition coefficient (Wildman–Crippen LogP) is 2.44. The van der Waals surface area contributed by atoms with Gasteiger partial charge in [-0.05, 0) is 51.0 Å². The molecule has 166 valence electrons. The molecule has 1 atom stereocenters. The first-order chi connectivity index (χ1) is 14.1. The molecule has 2 heterocycles. The lowest BCUT2D eigenvalue weighted by molar-refractivity contribution is -0.0284. The fourth-order valence-electron chi connectivity index (χ4n) is 3.42. The number of cyclic esters (lactones) is 1. The molecule has 0 aliphatic carbocycles. The third-order valence-corrected chi connectivity index (χ3v) is 6.13. The molecule has 2 amide bonds. The minimum Gasteiger partial charge on any atom is -0.447 e. The van der Waals surface area contributed by atoms with Crippen LogP contribution in [0.2, 0.25) is 0 Å². The van der Waals surface area contributed by atoms with Crippen molar-refractivity contribution in [3.63, 3.8) is 0 Å². The Hall–Kier alpha value is -2.33. The predicted molar refractivity (Wildman–Crippen MR) is 109 cm³/mol. The molecule has 0 N–H and O–H groups in total. The van der Waals surface area contributed by atoms with E-state index in [1.165, 1.54) is 17.0 Å². The molecule has 1 unspecified atom stereocenters. The second kappa shape index (κ2) is 9.22. The van der Waals surface area contributed by atoms with Crippen LogP contribution in [0.3, 0.4) is 0 Å². The van der Waals surface area contributed by atoms with E-state index in [4.69, 9.17) is 14.2 Å². The van der Waals surface area contributed by atoms with Crippen LogP contribution in [0.5, 0.6) is 0 Å². The standard InChI is InChI=1S/C20H28N2O7S/c1-14(2)28-19(23)21-10-8-16(9-11-21)27-13-17-12-22(20(24)29-17)15-4-6-18(7-5-15)30(3,25)26/h4-7,14,16-17H,8-13H2,1-3H3. The van der Waals surface area contributed by atoms with Crippen LogP contribution in [0.15, 0.2) is 29.2 Å². The Morgan fingerprint density at radius 3 is 2.40 bits per heavy atom. The highest BCUT2D eigenvalue weighted by molar-refractivity contribution is 7.90. The van der Waals surface area contributed by atoms with Crippen molar-refractivity contribution in [2.75, 3.05) is 37.4 Å². The van der Waals surface area contributed by atoms with Crippen molar-refractivity contribution >= 4 is 27.7 Å². The monoisotopic (exact) mass is 440 g/mol. The molecule has 0 bridgehead atoms. The minimum absolute atomic E-state index is 0.00473. The second-order valence-corrected chi connectivity index (χ2v) is 9.85. The van der Waals surface area contributed by atoms with E-state index in [9.17, 15) is 18.0 Å². The summed E-state index contributed by atoms with van der Waals surface area (Å²) in [4.78, 5) is 27.5. The van der Waals surface area contributed by atoms with Crippen molar-refractivity contribution in [1.29, 1.82) is 0 Å². The van der Waals surface area contributed by atoms with Crippen LogP contribution in [-0.4, -0.2) is 76.3 Å². The van der Waals surface area contributed by atoms with Gasteiger partial charge in [-0.25, -0.2) is 18.0 Å². The average Bonchev–Trinajstić information content (AvgIpc) is 3.06. The Labute approximate surface area is 176 Å². The van der Waals surface area contributed by atoms with Crippen molar-refractivity contribution in [3.8, 4) is 0 Å². The van der Waals surface area contributed by atoms with Crippen LogP contribution in [0.25, 0.3) is 0 Å². The van der Waals surface area contributed by atoms with Crippen LogP contribution < -0.4 is 4.90 Å². The van der Waals surface area contributed by atoms with Gasteiger partial charge in [0.15, 0.2) is 9.84 Å². The molecule has 2 fully saturated rings. The van der Waals surface area contributed by atoms with E-state index >= 15 is 0 Å². The Morgan fingerprint density at radius 2 is 1.83 bits per heavy atom. The van der Waals surface area contributed by atoms with E-state index in [2.05, 4.69) is 0 Å². The van der Waals surface area contributed by atoms with Crippen LogP contribution in [0.1, 0.15) is 26.7 Å². The molecule has 1 aromatic rings. The summed E-state index contributed by atoms with van der Waals surface area (Å²) in [5, 5.41) is 0. The summed E-state index contributed by atoms with van der Waals surface area (Å²) in [6, 6.07) is 6.12. The lowest BCUT2D eigenvalue weighted by Gasteiger charge is -2.32. The van der Waals surface area contributed by atoms with Gasteiger partial charge in [-0.3, -0.25) is 4.90 Å². The lowest BCUT2D eigenvalue weighted by Crippen LogP contribution is -2.42. The van der Waals surface area contributed by atoms with Gasteiger partial charge in [-0.1, -0.05) is 0 Å². The van der Waals surface area contributed by atoms with Gasteiger partial charge in [0.25, 0.3) is 0 Å². The van der Waals surface area contributed by atoms with Gasteiger partial charge in [-0.15, -0.1) is 0 Å².